The quantitative estimate of drug-likeness (QED) is 0.802. The number of hydrogen-bond acceptors (Lipinski definition) is 2. The standard InChI is InChI=1S/C14H20N2OS/c1-3-9-16(10-13(15)18)14(17)12-7-5-11(4-2)6-8-12/h5-8H,3-4,9-10H2,1-2H3,(H2,15,18). The van der Waals surface area contributed by atoms with E-state index in [1.54, 1.807) is 4.90 Å². The number of rotatable bonds is 6. The third-order valence-corrected chi connectivity index (χ3v) is 2.87. The molecule has 0 spiro atoms. The number of hydrogen-bond donors (Lipinski definition) is 1. The van der Waals surface area contributed by atoms with Gasteiger partial charge in [-0.25, -0.2) is 0 Å². The first-order valence-electron chi connectivity index (χ1n) is 6.25. The van der Waals surface area contributed by atoms with Crippen LogP contribution in [0.5, 0.6) is 0 Å². The lowest BCUT2D eigenvalue weighted by molar-refractivity contribution is 0.0780. The van der Waals surface area contributed by atoms with Gasteiger partial charge >= 0.3 is 0 Å². The lowest BCUT2D eigenvalue weighted by Gasteiger charge is -2.21. The highest BCUT2D eigenvalue weighted by Crippen LogP contribution is 2.09. The van der Waals surface area contributed by atoms with Crippen LogP contribution in [-0.2, 0) is 6.42 Å². The van der Waals surface area contributed by atoms with Crippen LogP contribution in [0.15, 0.2) is 24.3 Å². The molecule has 0 unspecified atom stereocenters. The number of amides is 1. The summed E-state index contributed by atoms with van der Waals surface area (Å²) in [6, 6.07) is 7.70. The molecule has 0 aliphatic heterocycles. The van der Waals surface area contributed by atoms with E-state index < -0.39 is 0 Å². The van der Waals surface area contributed by atoms with Gasteiger partial charge in [-0.05, 0) is 30.5 Å². The Bertz CT molecular complexity index is 414. The molecule has 0 aliphatic rings. The number of thiocarbonyl (C=S) groups is 1. The first-order valence-corrected chi connectivity index (χ1v) is 6.65. The van der Waals surface area contributed by atoms with E-state index in [1.807, 2.05) is 31.2 Å². The molecule has 1 aromatic carbocycles. The molecule has 0 saturated heterocycles. The van der Waals surface area contributed by atoms with Gasteiger partial charge in [0.2, 0.25) is 0 Å². The molecule has 0 aliphatic carbocycles. The maximum absolute atomic E-state index is 12.3. The van der Waals surface area contributed by atoms with E-state index in [0.717, 1.165) is 12.8 Å². The molecular weight excluding hydrogens is 244 g/mol. The second-order valence-electron chi connectivity index (χ2n) is 4.24. The van der Waals surface area contributed by atoms with Crippen LogP contribution in [-0.4, -0.2) is 28.9 Å². The van der Waals surface area contributed by atoms with E-state index in [1.165, 1.54) is 5.56 Å². The number of nitrogens with zero attached hydrogens (tertiary/aromatic N) is 1. The predicted molar refractivity (Wildman–Crippen MR) is 78.8 cm³/mol. The summed E-state index contributed by atoms with van der Waals surface area (Å²) in [5.74, 6) is -0.00713. The lowest BCUT2D eigenvalue weighted by Crippen LogP contribution is -2.38. The van der Waals surface area contributed by atoms with Crippen LogP contribution in [0.25, 0.3) is 0 Å². The summed E-state index contributed by atoms with van der Waals surface area (Å²) in [6.45, 7) is 5.14. The Morgan fingerprint density at radius 1 is 1.28 bits per heavy atom. The zero-order valence-electron chi connectivity index (χ0n) is 11.0. The van der Waals surface area contributed by atoms with E-state index in [9.17, 15) is 4.79 Å². The van der Waals surface area contributed by atoms with Crippen molar-refractivity contribution in [1.82, 2.24) is 4.90 Å². The Labute approximate surface area is 114 Å². The van der Waals surface area contributed by atoms with Gasteiger partial charge in [-0.1, -0.05) is 38.2 Å². The van der Waals surface area contributed by atoms with Crippen molar-refractivity contribution < 1.29 is 4.79 Å². The second-order valence-corrected chi connectivity index (χ2v) is 4.77. The lowest BCUT2D eigenvalue weighted by atomic mass is 10.1. The molecule has 0 saturated carbocycles. The molecule has 0 radical (unpaired) electrons. The van der Waals surface area contributed by atoms with Crippen LogP contribution in [0.2, 0.25) is 0 Å². The van der Waals surface area contributed by atoms with E-state index in [0.29, 0.717) is 23.6 Å². The fraction of sp³-hybridized carbons (Fsp3) is 0.429. The molecule has 18 heavy (non-hydrogen) atoms. The number of carbonyl (C=O) groups is 1. The summed E-state index contributed by atoms with van der Waals surface area (Å²) >= 11 is 4.88. The molecule has 0 bridgehead atoms. The number of aryl methyl sites for hydroxylation is 1. The monoisotopic (exact) mass is 264 g/mol. The molecule has 0 heterocycles. The van der Waals surface area contributed by atoms with Gasteiger partial charge < -0.3 is 10.6 Å². The van der Waals surface area contributed by atoms with E-state index in [2.05, 4.69) is 6.92 Å². The fourth-order valence-electron chi connectivity index (χ4n) is 1.78. The summed E-state index contributed by atoms with van der Waals surface area (Å²) in [5.41, 5.74) is 7.44. The third kappa shape index (κ3) is 4.11. The second kappa shape index (κ2) is 7.11. The maximum atomic E-state index is 12.3. The third-order valence-electron chi connectivity index (χ3n) is 2.74. The van der Waals surface area contributed by atoms with Crippen molar-refractivity contribution in [3.05, 3.63) is 35.4 Å². The van der Waals surface area contributed by atoms with Gasteiger partial charge in [0.1, 0.15) is 0 Å². The van der Waals surface area contributed by atoms with Crippen molar-refractivity contribution in [2.75, 3.05) is 13.1 Å². The molecule has 1 rings (SSSR count). The normalized spacial score (nSPS) is 10.1. The summed E-state index contributed by atoms with van der Waals surface area (Å²) in [4.78, 5) is 14.3. The zero-order chi connectivity index (χ0) is 13.5. The largest absolute Gasteiger partial charge is 0.392 e. The minimum Gasteiger partial charge on any atom is -0.392 e. The van der Waals surface area contributed by atoms with Crippen LogP contribution in [0.3, 0.4) is 0 Å². The van der Waals surface area contributed by atoms with E-state index in [4.69, 9.17) is 18.0 Å². The number of carbonyl (C=O) groups excluding carboxylic acids is 1. The Morgan fingerprint density at radius 3 is 2.33 bits per heavy atom. The summed E-state index contributed by atoms with van der Waals surface area (Å²) in [5, 5.41) is 0. The minimum atomic E-state index is -0.00713. The van der Waals surface area contributed by atoms with Crippen molar-refractivity contribution in [3.8, 4) is 0 Å². The molecule has 0 fully saturated rings. The molecule has 4 heteroatoms. The molecule has 1 aromatic rings. The smallest absolute Gasteiger partial charge is 0.254 e. The van der Waals surface area contributed by atoms with Gasteiger partial charge in [0, 0.05) is 12.1 Å². The predicted octanol–water partition coefficient (Wildman–Crippen LogP) is 2.39. The molecule has 0 atom stereocenters. The average molecular weight is 264 g/mol. The van der Waals surface area contributed by atoms with Gasteiger partial charge in [-0.2, -0.15) is 0 Å². The topological polar surface area (TPSA) is 46.3 Å². The van der Waals surface area contributed by atoms with Crippen LogP contribution in [0.4, 0.5) is 0 Å². The fourth-order valence-corrected chi connectivity index (χ4v) is 1.93. The first-order chi connectivity index (χ1) is 8.58. The van der Waals surface area contributed by atoms with Crippen LogP contribution < -0.4 is 5.73 Å². The summed E-state index contributed by atoms with van der Waals surface area (Å²) in [7, 11) is 0. The van der Waals surface area contributed by atoms with Crippen LogP contribution in [0, 0.1) is 0 Å². The number of nitrogens with two attached hydrogens (primary N) is 1. The molecule has 2 N–H and O–H groups in total. The maximum Gasteiger partial charge on any atom is 0.254 e. The van der Waals surface area contributed by atoms with Crippen molar-refractivity contribution in [3.63, 3.8) is 0 Å². The highest BCUT2D eigenvalue weighted by Gasteiger charge is 2.15. The van der Waals surface area contributed by atoms with Gasteiger partial charge in [0.25, 0.3) is 5.91 Å². The Kier molecular flexibility index (Phi) is 5.78. The van der Waals surface area contributed by atoms with E-state index in [-0.39, 0.29) is 5.91 Å². The van der Waals surface area contributed by atoms with Gasteiger partial charge in [-0.3, -0.25) is 4.79 Å². The molecule has 98 valence electrons. The van der Waals surface area contributed by atoms with Gasteiger partial charge in [-0.15, -0.1) is 0 Å². The molecule has 1 amide bonds. The van der Waals surface area contributed by atoms with Crippen LogP contribution >= 0.6 is 12.2 Å². The first kappa shape index (κ1) is 14.6. The summed E-state index contributed by atoms with van der Waals surface area (Å²) in [6.07, 6.45) is 1.86. The van der Waals surface area contributed by atoms with Gasteiger partial charge in [0.15, 0.2) is 0 Å². The van der Waals surface area contributed by atoms with Crippen molar-refractivity contribution in [1.29, 1.82) is 0 Å². The van der Waals surface area contributed by atoms with Gasteiger partial charge in [0.05, 0.1) is 11.5 Å². The molecule has 3 nitrogen and oxygen atoms in total. The Morgan fingerprint density at radius 2 is 1.89 bits per heavy atom. The summed E-state index contributed by atoms with van der Waals surface area (Å²) < 4.78 is 0. The molecule has 0 aromatic heterocycles. The number of benzene rings is 1. The van der Waals surface area contributed by atoms with Crippen LogP contribution in [0.1, 0.15) is 36.2 Å². The zero-order valence-corrected chi connectivity index (χ0v) is 11.8. The molecular formula is C14H20N2OS. The van der Waals surface area contributed by atoms with E-state index >= 15 is 0 Å². The average Bonchev–Trinajstić information content (AvgIpc) is 2.37. The highest BCUT2D eigenvalue weighted by molar-refractivity contribution is 7.80. The van der Waals surface area contributed by atoms with Crippen molar-refractivity contribution in [2.24, 2.45) is 5.73 Å². The Hall–Kier alpha value is -1.42. The SMILES string of the molecule is CCCN(CC(N)=S)C(=O)c1ccc(CC)cc1. The minimum absolute atomic E-state index is 0.00713. The van der Waals surface area contributed by atoms with Crippen molar-refractivity contribution >= 4 is 23.1 Å². The highest BCUT2D eigenvalue weighted by atomic mass is 32.1. The van der Waals surface area contributed by atoms with Crippen molar-refractivity contribution in [2.45, 2.75) is 26.7 Å². The Balaban J connectivity index is 2.83.